The Bertz CT molecular complexity index is 889. The van der Waals surface area contributed by atoms with Gasteiger partial charge in [0.15, 0.2) is 0 Å². The number of alkyl halides is 3. The highest BCUT2D eigenvalue weighted by Gasteiger charge is 2.31. The van der Waals surface area contributed by atoms with E-state index in [0.717, 1.165) is 27.5 Å². The average molecular weight is 413 g/mol. The molecule has 0 unspecified atom stereocenters. The van der Waals surface area contributed by atoms with E-state index >= 15 is 0 Å². The Morgan fingerprint density at radius 2 is 1.89 bits per heavy atom. The lowest BCUT2D eigenvalue weighted by Gasteiger charge is -2.09. The third-order valence-electron chi connectivity index (χ3n) is 3.58. The van der Waals surface area contributed by atoms with Crippen LogP contribution in [-0.2, 0) is 6.54 Å². The van der Waals surface area contributed by atoms with E-state index in [9.17, 15) is 23.1 Å². The van der Waals surface area contributed by atoms with Crippen LogP contribution in [0.25, 0.3) is 0 Å². The van der Waals surface area contributed by atoms with Gasteiger partial charge in [-0.25, -0.2) is 0 Å². The Hall–Kier alpha value is -2.36. The van der Waals surface area contributed by atoms with Gasteiger partial charge in [-0.2, -0.15) is 11.3 Å². The SMILES string of the molecule is O=C(NCc1ccc([C@H](O)c2ccsc2)s1)c1ccc(OC(F)(F)F)cc1. The van der Waals surface area contributed by atoms with Crippen molar-refractivity contribution in [3.05, 3.63) is 74.1 Å². The highest BCUT2D eigenvalue weighted by atomic mass is 32.1. The molecule has 0 bridgehead atoms. The van der Waals surface area contributed by atoms with Gasteiger partial charge in [-0.15, -0.1) is 24.5 Å². The van der Waals surface area contributed by atoms with Gasteiger partial charge in [0.2, 0.25) is 0 Å². The summed E-state index contributed by atoms with van der Waals surface area (Å²) in [4.78, 5) is 13.7. The van der Waals surface area contributed by atoms with Crippen LogP contribution in [0.5, 0.6) is 5.75 Å². The summed E-state index contributed by atoms with van der Waals surface area (Å²) in [5.74, 6) is -0.800. The summed E-state index contributed by atoms with van der Waals surface area (Å²) in [6, 6.07) is 10.2. The zero-order chi connectivity index (χ0) is 19.4. The first-order chi connectivity index (χ1) is 12.8. The van der Waals surface area contributed by atoms with Gasteiger partial charge in [-0.3, -0.25) is 4.79 Å². The van der Waals surface area contributed by atoms with Crippen LogP contribution in [0.3, 0.4) is 0 Å². The number of benzene rings is 1. The second-order valence-electron chi connectivity index (χ2n) is 5.52. The van der Waals surface area contributed by atoms with Crippen molar-refractivity contribution in [3.8, 4) is 5.75 Å². The van der Waals surface area contributed by atoms with Crippen molar-refractivity contribution in [1.29, 1.82) is 0 Å². The smallest absolute Gasteiger partial charge is 0.406 e. The largest absolute Gasteiger partial charge is 0.573 e. The Morgan fingerprint density at radius 3 is 2.52 bits per heavy atom. The van der Waals surface area contributed by atoms with Crippen molar-refractivity contribution in [1.82, 2.24) is 5.32 Å². The van der Waals surface area contributed by atoms with E-state index in [1.807, 2.05) is 22.9 Å². The molecule has 2 N–H and O–H groups in total. The average Bonchev–Trinajstić information content (AvgIpc) is 3.30. The monoisotopic (exact) mass is 413 g/mol. The first-order valence-electron chi connectivity index (χ1n) is 7.74. The van der Waals surface area contributed by atoms with Crippen LogP contribution < -0.4 is 10.1 Å². The van der Waals surface area contributed by atoms with E-state index in [1.165, 1.54) is 34.8 Å². The molecule has 142 valence electrons. The van der Waals surface area contributed by atoms with Crippen LogP contribution in [-0.4, -0.2) is 17.4 Å². The number of hydrogen-bond acceptors (Lipinski definition) is 5. The molecule has 0 aliphatic heterocycles. The quantitative estimate of drug-likeness (QED) is 0.615. The summed E-state index contributed by atoms with van der Waals surface area (Å²) in [5.41, 5.74) is 1.04. The van der Waals surface area contributed by atoms with Crippen LogP contribution in [0, 0.1) is 0 Å². The van der Waals surface area contributed by atoms with Crippen molar-refractivity contribution in [2.24, 2.45) is 0 Å². The third-order valence-corrected chi connectivity index (χ3v) is 5.42. The van der Waals surface area contributed by atoms with Crippen molar-refractivity contribution < 1.29 is 27.8 Å². The van der Waals surface area contributed by atoms with E-state index in [2.05, 4.69) is 10.1 Å². The zero-order valence-electron chi connectivity index (χ0n) is 13.7. The molecule has 0 fully saturated rings. The molecular formula is C18H14F3NO3S2. The maximum absolute atomic E-state index is 12.1. The summed E-state index contributed by atoms with van der Waals surface area (Å²) < 4.78 is 40.2. The fourth-order valence-electron chi connectivity index (χ4n) is 2.31. The minimum Gasteiger partial charge on any atom is -0.406 e. The number of rotatable bonds is 6. The molecule has 4 nitrogen and oxygen atoms in total. The van der Waals surface area contributed by atoms with E-state index in [0.29, 0.717) is 0 Å². The Morgan fingerprint density at radius 1 is 1.15 bits per heavy atom. The Balaban J connectivity index is 1.56. The van der Waals surface area contributed by atoms with Crippen LogP contribution in [0.15, 0.2) is 53.2 Å². The summed E-state index contributed by atoms with van der Waals surface area (Å²) in [7, 11) is 0. The van der Waals surface area contributed by atoms with Gasteiger partial charge < -0.3 is 15.2 Å². The molecule has 0 aliphatic carbocycles. The Labute approximate surface area is 160 Å². The fraction of sp³-hybridized carbons (Fsp3) is 0.167. The number of aliphatic hydroxyl groups is 1. The number of carbonyl (C=O) groups excluding carboxylic acids is 1. The number of carbonyl (C=O) groups is 1. The number of hydrogen-bond donors (Lipinski definition) is 2. The number of thiophene rings is 2. The second-order valence-corrected chi connectivity index (χ2v) is 7.50. The van der Waals surface area contributed by atoms with E-state index in [-0.39, 0.29) is 17.9 Å². The van der Waals surface area contributed by atoms with Gasteiger partial charge in [0.25, 0.3) is 5.91 Å². The van der Waals surface area contributed by atoms with Crippen LogP contribution in [0.4, 0.5) is 13.2 Å². The molecule has 9 heteroatoms. The second kappa shape index (κ2) is 8.12. The van der Waals surface area contributed by atoms with Crippen molar-refractivity contribution in [2.45, 2.75) is 19.0 Å². The van der Waals surface area contributed by atoms with Gasteiger partial charge >= 0.3 is 6.36 Å². The maximum atomic E-state index is 12.1. The number of ether oxygens (including phenoxy) is 1. The first-order valence-corrected chi connectivity index (χ1v) is 9.50. The summed E-state index contributed by atoms with van der Waals surface area (Å²) in [6.07, 6.45) is -5.47. The molecular weight excluding hydrogens is 399 g/mol. The van der Waals surface area contributed by atoms with E-state index in [4.69, 9.17) is 0 Å². The maximum Gasteiger partial charge on any atom is 0.573 e. The normalized spacial score (nSPS) is 12.6. The van der Waals surface area contributed by atoms with Crippen molar-refractivity contribution in [2.75, 3.05) is 0 Å². The summed E-state index contributed by atoms with van der Waals surface area (Å²) >= 11 is 2.88. The predicted octanol–water partition coefficient (Wildman–Crippen LogP) is 4.72. The fourth-order valence-corrected chi connectivity index (χ4v) is 3.95. The van der Waals surface area contributed by atoms with Gasteiger partial charge in [0.05, 0.1) is 6.54 Å². The molecule has 0 saturated heterocycles. The molecule has 27 heavy (non-hydrogen) atoms. The van der Waals surface area contributed by atoms with Crippen molar-refractivity contribution >= 4 is 28.6 Å². The number of nitrogens with one attached hydrogen (secondary N) is 1. The molecule has 0 spiro atoms. The minimum absolute atomic E-state index is 0.222. The molecule has 1 aromatic carbocycles. The van der Waals surface area contributed by atoms with Crippen LogP contribution in [0.1, 0.15) is 31.8 Å². The number of halogens is 3. The lowest BCUT2D eigenvalue weighted by Crippen LogP contribution is -2.22. The molecule has 3 aromatic rings. The standard InChI is InChI=1S/C18H14F3NO3S2/c19-18(20,21)25-13-3-1-11(2-4-13)17(24)22-9-14-5-6-15(27-14)16(23)12-7-8-26-10-12/h1-8,10,16,23H,9H2,(H,22,24)/t16-/m1/s1. The van der Waals surface area contributed by atoms with E-state index in [1.54, 1.807) is 6.07 Å². The molecule has 1 atom stereocenters. The highest BCUT2D eigenvalue weighted by molar-refractivity contribution is 7.12. The lowest BCUT2D eigenvalue weighted by atomic mass is 10.2. The van der Waals surface area contributed by atoms with Gasteiger partial charge in [0, 0.05) is 15.3 Å². The molecule has 0 saturated carbocycles. The molecule has 2 heterocycles. The predicted molar refractivity (Wildman–Crippen MR) is 97.0 cm³/mol. The topological polar surface area (TPSA) is 58.6 Å². The molecule has 0 radical (unpaired) electrons. The summed E-state index contributed by atoms with van der Waals surface area (Å²) in [5, 5.41) is 16.8. The summed E-state index contributed by atoms with van der Waals surface area (Å²) in [6.45, 7) is 0.251. The van der Waals surface area contributed by atoms with Gasteiger partial charge in [-0.1, -0.05) is 0 Å². The van der Waals surface area contributed by atoms with Gasteiger partial charge in [0.1, 0.15) is 11.9 Å². The van der Waals surface area contributed by atoms with Gasteiger partial charge in [-0.05, 0) is 58.8 Å². The zero-order valence-corrected chi connectivity index (χ0v) is 15.3. The number of aliphatic hydroxyl groups excluding tert-OH is 1. The molecule has 1 amide bonds. The van der Waals surface area contributed by atoms with Crippen LogP contribution >= 0.6 is 22.7 Å². The minimum atomic E-state index is -4.77. The third kappa shape index (κ3) is 5.31. The molecule has 0 aliphatic rings. The molecule has 2 aromatic heterocycles. The molecule has 3 rings (SSSR count). The first kappa shape index (κ1) is 19.4. The lowest BCUT2D eigenvalue weighted by molar-refractivity contribution is -0.274. The highest BCUT2D eigenvalue weighted by Crippen LogP contribution is 2.29. The van der Waals surface area contributed by atoms with Crippen LogP contribution in [0.2, 0.25) is 0 Å². The van der Waals surface area contributed by atoms with E-state index < -0.39 is 18.4 Å². The Kier molecular flexibility index (Phi) is 5.83. The number of amides is 1. The van der Waals surface area contributed by atoms with Crippen molar-refractivity contribution in [3.63, 3.8) is 0 Å².